The molecule has 27 heavy (non-hydrogen) atoms. The quantitative estimate of drug-likeness (QED) is 0.302. The number of phenols is 1. The predicted molar refractivity (Wildman–Crippen MR) is 92.5 cm³/mol. The number of aromatic hydroxyl groups is 1. The molecule has 9 nitrogen and oxygen atoms in total. The molecule has 0 unspecified atom stereocenters. The van der Waals surface area contributed by atoms with Gasteiger partial charge < -0.3 is 24.1 Å². The van der Waals surface area contributed by atoms with Crippen molar-refractivity contribution in [2.75, 3.05) is 14.2 Å². The van der Waals surface area contributed by atoms with Gasteiger partial charge in [0.25, 0.3) is 0 Å². The predicted octanol–water partition coefficient (Wildman–Crippen LogP) is 2.25. The highest BCUT2D eigenvalue weighted by Crippen LogP contribution is 2.37. The monoisotopic (exact) mass is 370 g/mol. The van der Waals surface area contributed by atoms with Gasteiger partial charge in [0.1, 0.15) is 12.1 Å². The van der Waals surface area contributed by atoms with Crippen molar-refractivity contribution in [3.8, 4) is 34.6 Å². The van der Waals surface area contributed by atoms with Crippen molar-refractivity contribution in [3.63, 3.8) is 0 Å². The molecule has 3 rings (SSSR count). The number of carbonyl (C=O) groups excluding carboxylic acids is 2. The number of aromatic nitrogens is 2. The molecule has 0 aliphatic carbocycles. The molecule has 0 amide bonds. The van der Waals surface area contributed by atoms with Gasteiger partial charge in [-0.3, -0.25) is 4.79 Å². The Morgan fingerprint density at radius 2 is 1.78 bits per heavy atom. The van der Waals surface area contributed by atoms with E-state index in [4.69, 9.17) is 14.2 Å². The Morgan fingerprint density at radius 3 is 2.44 bits per heavy atom. The van der Waals surface area contributed by atoms with E-state index in [1.165, 1.54) is 38.7 Å². The Labute approximate surface area is 153 Å². The molecule has 0 spiro atoms. The topological polar surface area (TPSA) is 117 Å². The molecule has 9 heteroatoms. The average molecular weight is 370 g/mol. The van der Waals surface area contributed by atoms with Gasteiger partial charge in [-0.05, 0) is 18.2 Å². The molecule has 0 bridgehead atoms. The van der Waals surface area contributed by atoms with Crippen LogP contribution in [-0.4, -0.2) is 41.5 Å². The average Bonchev–Trinajstić information content (AvgIpc) is 2.69. The minimum atomic E-state index is -1.12. The van der Waals surface area contributed by atoms with Crippen LogP contribution in [0.3, 0.4) is 0 Å². The maximum atomic E-state index is 11.0. The van der Waals surface area contributed by atoms with Gasteiger partial charge in [-0.2, -0.15) is 0 Å². The van der Waals surface area contributed by atoms with Crippen LogP contribution in [0.4, 0.5) is 0 Å². The number of ether oxygens (including phenoxy) is 4. The van der Waals surface area contributed by atoms with E-state index >= 15 is 0 Å². The van der Waals surface area contributed by atoms with Crippen molar-refractivity contribution in [2.45, 2.75) is 0 Å². The molecule has 1 heterocycles. The molecule has 138 valence electrons. The first kappa shape index (κ1) is 17.9. The van der Waals surface area contributed by atoms with Gasteiger partial charge in [-0.1, -0.05) is 0 Å². The third-order valence-electron chi connectivity index (χ3n) is 3.56. The van der Waals surface area contributed by atoms with Gasteiger partial charge in [0.2, 0.25) is 12.2 Å². The lowest BCUT2D eigenvalue weighted by molar-refractivity contribution is -0.141. The fraction of sp³-hybridized carbons (Fsp3) is 0.111. The minimum absolute atomic E-state index is 0.00145. The van der Waals surface area contributed by atoms with Gasteiger partial charge in [-0.25, -0.2) is 14.8 Å². The number of rotatable bonds is 6. The van der Waals surface area contributed by atoms with Crippen LogP contribution in [0.15, 0.2) is 36.7 Å². The van der Waals surface area contributed by atoms with Crippen LogP contribution in [0, 0.1) is 0 Å². The van der Waals surface area contributed by atoms with E-state index in [0.29, 0.717) is 22.4 Å². The fourth-order valence-electron chi connectivity index (χ4n) is 2.33. The highest BCUT2D eigenvalue weighted by atomic mass is 16.5. The molecular formula is C18H14N2O7. The Bertz CT molecular complexity index is 1020. The van der Waals surface area contributed by atoms with Crippen molar-refractivity contribution in [1.82, 2.24) is 9.97 Å². The van der Waals surface area contributed by atoms with Crippen LogP contribution in [0.1, 0.15) is 0 Å². The van der Waals surface area contributed by atoms with E-state index in [1.807, 2.05) is 0 Å². The molecule has 0 saturated carbocycles. The molecule has 0 aliphatic heterocycles. The Morgan fingerprint density at radius 1 is 1.04 bits per heavy atom. The zero-order chi connectivity index (χ0) is 19.4. The maximum Gasteiger partial charge on any atom is 0.376 e. The Balaban J connectivity index is 1.95. The lowest BCUT2D eigenvalue weighted by Crippen LogP contribution is -2.08. The number of benzene rings is 2. The highest BCUT2D eigenvalue weighted by Gasteiger charge is 2.14. The molecule has 1 aromatic heterocycles. The van der Waals surface area contributed by atoms with Crippen molar-refractivity contribution in [3.05, 3.63) is 36.7 Å². The van der Waals surface area contributed by atoms with Crippen LogP contribution in [0.5, 0.6) is 34.6 Å². The van der Waals surface area contributed by atoms with Gasteiger partial charge in [0, 0.05) is 12.1 Å². The van der Waals surface area contributed by atoms with Crippen molar-refractivity contribution < 1.29 is 33.6 Å². The molecule has 0 saturated heterocycles. The molecule has 0 fully saturated rings. The summed E-state index contributed by atoms with van der Waals surface area (Å²) in [6.07, 6.45) is 1.32. The van der Waals surface area contributed by atoms with Gasteiger partial charge >= 0.3 is 5.97 Å². The zero-order valence-electron chi connectivity index (χ0n) is 14.3. The smallest absolute Gasteiger partial charge is 0.376 e. The number of esters is 1. The van der Waals surface area contributed by atoms with Gasteiger partial charge in [0.05, 0.1) is 25.1 Å². The van der Waals surface area contributed by atoms with E-state index in [9.17, 15) is 14.7 Å². The highest BCUT2D eigenvalue weighted by molar-refractivity contribution is 6.21. The number of hydrogen-bond acceptors (Lipinski definition) is 9. The zero-order valence-corrected chi connectivity index (χ0v) is 14.3. The molecule has 0 aliphatic rings. The first-order chi connectivity index (χ1) is 13.0. The largest absolute Gasteiger partial charge is 0.504 e. The van der Waals surface area contributed by atoms with Gasteiger partial charge in [0.15, 0.2) is 23.0 Å². The summed E-state index contributed by atoms with van der Waals surface area (Å²) in [5.74, 6) is -0.232. The van der Waals surface area contributed by atoms with Crippen molar-refractivity contribution in [1.29, 1.82) is 0 Å². The summed E-state index contributed by atoms with van der Waals surface area (Å²) in [7, 11) is 3.02. The summed E-state index contributed by atoms with van der Waals surface area (Å²) in [5.41, 5.74) is 0.568. The van der Waals surface area contributed by atoms with Crippen LogP contribution in [-0.2, 0) is 9.59 Å². The Hall–Kier alpha value is -3.88. The van der Waals surface area contributed by atoms with Crippen LogP contribution >= 0.6 is 0 Å². The van der Waals surface area contributed by atoms with Crippen LogP contribution < -0.4 is 18.9 Å². The van der Waals surface area contributed by atoms with Crippen molar-refractivity contribution >= 4 is 23.2 Å². The van der Waals surface area contributed by atoms with Gasteiger partial charge in [-0.15, -0.1) is 0 Å². The summed E-state index contributed by atoms with van der Waals surface area (Å²) >= 11 is 0. The van der Waals surface area contributed by atoms with E-state index in [2.05, 4.69) is 14.7 Å². The molecule has 1 N–H and O–H groups in total. The number of nitrogens with zero attached hydrogens (tertiary/aromatic N) is 2. The number of methoxy groups -OCH3 is 2. The molecule has 0 atom stereocenters. The maximum absolute atomic E-state index is 11.0. The van der Waals surface area contributed by atoms with E-state index in [0.717, 1.165) is 0 Å². The number of fused-ring (bicyclic) bond motifs is 1. The number of phenolic OH excluding ortho intramolecular Hbond substituents is 1. The summed E-state index contributed by atoms with van der Waals surface area (Å²) in [5, 5.41) is 10.5. The normalized spacial score (nSPS) is 10.3. The second-order valence-corrected chi connectivity index (χ2v) is 5.17. The fourth-order valence-corrected chi connectivity index (χ4v) is 2.33. The Kier molecular flexibility index (Phi) is 5.02. The molecule has 0 radical (unpaired) electrons. The summed E-state index contributed by atoms with van der Waals surface area (Å²) in [6, 6.07) is 7.31. The lowest BCUT2D eigenvalue weighted by atomic mass is 10.2. The third-order valence-corrected chi connectivity index (χ3v) is 3.56. The van der Waals surface area contributed by atoms with E-state index < -0.39 is 5.97 Å². The molecule has 2 aromatic carbocycles. The second kappa shape index (κ2) is 7.56. The standard InChI is InChI=1S/C18H14N2O7/c1-24-15-6-11-12(7-16(15)25-2)19-9-20-18(11)26-10-3-4-14(13(22)5-10)27-17(23)8-21/h3-9,22H,1-2H3. The van der Waals surface area contributed by atoms with Crippen LogP contribution in [0.25, 0.3) is 10.9 Å². The SMILES string of the molecule is COc1cc2ncnc(Oc3ccc(OC(=O)C=O)c(O)c3)c2cc1OC. The summed E-state index contributed by atoms with van der Waals surface area (Å²) in [6.45, 7) is 0. The summed E-state index contributed by atoms with van der Waals surface area (Å²) < 4.78 is 20.9. The lowest BCUT2D eigenvalue weighted by Gasteiger charge is -2.12. The number of aldehydes is 1. The first-order valence-corrected chi connectivity index (χ1v) is 7.60. The number of hydrogen-bond donors (Lipinski definition) is 1. The minimum Gasteiger partial charge on any atom is -0.504 e. The first-order valence-electron chi connectivity index (χ1n) is 7.60. The molecular weight excluding hydrogens is 356 g/mol. The van der Waals surface area contributed by atoms with E-state index in [1.54, 1.807) is 12.1 Å². The van der Waals surface area contributed by atoms with Crippen molar-refractivity contribution in [2.24, 2.45) is 0 Å². The second-order valence-electron chi connectivity index (χ2n) is 5.17. The van der Waals surface area contributed by atoms with E-state index in [-0.39, 0.29) is 29.4 Å². The number of carbonyl (C=O) groups is 2. The van der Waals surface area contributed by atoms with Crippen LogP contribution in [0.2, 0.25) is 0 Å². The third kappa shape index (κ3) is 3.71. The molecule has 3 aromatic rings. The summed E-state index contributed by atoms with van der Waals surface area (Å²) in [4.78, 5) is 29.6.